The first-order valence-corrected chi connectivity index (χ1v) is 7.45. The average molecular weight is 298 g/mol. The number of halogens is 1. The Labute approximate surface area is 113 Å². The molecular weight excluding hydrogens is 276 g/mol. The Morgan fingerprint density at radius 3 is 1.88 bits per heavy atom. The van der Waals surface area contributed by atoms with Gasteiger partial charge in [0, 0.05) is 4.47 Å². The van der Waals surface area contributed by atoms with E-state index >= 15 is 0 Å². The molecule has 0 atom stereocenters. The highest BCUT2D eigenvalue weighted by atomic mass is 79.9. The number of unbranched alkanes of at least 4 members (excludes halogenated alkanes) is 6. The van der Waals surface area contributed by atoms with E-state index in [-0.39, 0.29) is 6.61 Å². The average Bonchev–Trinajstić information content (AvgIpc) is 2.35. The molecule has 1 rings (SSSR count). The van der Waals surface area contributed by atoms with Gasteiger partial charge in [-0.3, -0.25) is 0 Å². The zero-order chi connectivity index (χ0) is 12.3. The van der Waals surface area contributed by atoms with Crippen LogP contribution in [0.5, 0.6) is 0 Å². The van der Waals surface area contributed by atoms with Crippen LogP contribution in [-0.2, 0) is 11.5 Å². The Morgan fingerprint density at radius 1 is 0.765 bits per heavy atom. The van der Waals surface area contributed by atoms with Crippen molar-refractivity contribution in [3.05, 3.63) is 34.3 Å². The fraction of sp³-hybridized carbons (Fsp3) is 0.600. The van der Waals surface area contributed by atoms with Crippen LogP contribution in [0.2, 0.25) is 0 Å². The minimum atomic E-state index is 0.101. The van der Waals surface area contributed by atoms with E-state index in [0.29, 0.717) is 0 Å². The molecule has 0 spiro atoms. The lowest BCUT2D eigenvalue weighted by Gasteiger charge is -2.02. The molecule has 0 aromatic heterocycles. The highest BCUT2D eigenvalue weighted by Crippen LogP contribution is 2.14. The molecular formula is C15H22BrO. The molecule has 0 saturated heterocycles. The minimum absolute atomic E-state index is 0.101. The van der Waals surface area contributed by atoms with Crippen LogP contribution in [0, 0.1) is 0 Å². The summed E-state index contributed by atoms with van der Waals surface area (Å²) in [6, 6.07) is 8.60. The van der Waals surface area contributed by atoms with Crippen molar-refractivity contribution in [2.75, 3.05) is 6.61 Å². The van der Waals surface area contributed by atoms with Gasteiger partial charge in [-0.15, -0.1) is 0 Å². The maximum absolute atomic E-state index is 10.2. The van der Waals surface area contributed by atoms with Gasteiger partial charge in [-0.1, -0.05) is 60.2 Å². The molecule has 0 bridgehead atoms. The van der Waals surface area contributed by atoms with Crippen molar-refractivity contribution in [2.45, 2.75) is 51.4 Å². The van der Waals surface area contributed by atoms with Gasteiger partial charge in [0.15, 0.2) is 0 Å². The van der Waals surface area contributed by atoms with Crippen LogP contribution in [0.15, 0.2) is 28.7 Å². The summed E-state index contributed by atoms with van der Waals surface area (Å²) in [5, 5.41) is 10.2. The summed E-state index contributed by atoms with van der Waals surface area (Å²) in [4.78, 5) is 0. The summed E-state index contributed by atoms with van der Waals surface area (Å²) in [7, 11) is 0. The van der Waals surface area contributed by atoms with Crippen LogP contribution in [0.25, 0.3) is 0 Å². The van der Waals surface area contributed by atoms with E-state index in [1.54, 1.807) is 0 Å². The second-order valence-corrected chi connectivity index (χ2v) is 5.47. The van der Waals surface area contributed by atoms with Gasteiger partial charge in [-0.25, -0.2) is 5.11 Å². The smallest absolute Gasteiger partial charge is 0.0822 e. The molecule has 0 aliphatic rings. The summed E-state index contributed by atoms with van der Waals surface area (Å²) >= 11 is 3.45. The first-order valence-electron chi connectivity index (χ1n) is 6.65. The molecule has 0 heterocycles. The fourth-order valence-electron chi connectivity index (χ4n) is 1.97. The third-order valence-electron chi connectivity index (χ3n) is 3.02. The molecule has 0 unspecified atom stereocenters. The van der Waals surface area contributed by atoms with Crippen molar-refractivity contribution in [3.63, 3.8) is 0 Å². The largest absolute Gasteiger partial charge is 0.237 e. The van der Waals surface area contributed by atoms with Crippen LogP contribution in [-0.4, -0.2) is 6.61 Å². The molecule has 0 fully saturated rings. The Balaban J connectivity index is 1.95. The molecule has 1 nitrogen and oxygen atoms in total. The lowest BCUT2D eigenvalue weighted by molar-refractivity contribution is 0.186. The van der Waals surface area contributed by atoms with Gasteiger partial charge in [-0.05, 0) is 37.0 Å². The maximum atomic E-state index is 10.2. The maximum Gasteiger partial charge on any atom is 0.0822 e. The molecule has 1 aromatic rings. The monoisotopic (exact) mass is 297 g/mol. The molecule has 0 aliphatic heterocycles. The summed E-state index contributed by atoms with van der Waals surface area (Å²) in [6.07, 6.45) is 9.61. The first kappa shape index (κ1) is 14.7. The van der Waals surface area contributed by atoms with E-state index in [2.05, 4.69) is 40.2 Å². The van der Waals surface area contributed by atoms with E-state index in [0.717, 1.165) is 17.3 Å². The summed E-state index contributed by atoms with van der Waals surface area (Å²) in [5.41, 5.74) is 1.43. The summed E-state index contributed by atoms with van der Waals surface area (Å²) in [5.74, 6) is 0. The fourth-order valence-corrected chi connectivity index (χ4v) is 2.23. The Kier molecular flexibility index (Phi) is 8.37. The predicted octanol–water partition coefficient (Wildman–Crippen LogP) is 5.15. The molecule has 0 saturated carbocycles. The quantitative estimate of drug-likeness (QED) is 0.562. The van der Waals surface area contributed by atoms with Crippen molar-refractivity contribution in [1.82, 2.24) is 0 Å². The van der Waals surface area contributed by atoms with Crippen LogP contribution >= 0.6 is 15.9 Å². The van der Waals surface area contributed by atoms with E-state index in [1.807, 2.05) is 0 Å². The third kappa shape index (κ3) is 7.56. The van der Waals surface area contributed by atoms with E-state index in [4.69, 9.17) is 0 Å². The van der Waals surface area contributed by atoms with E-state index in [1.165, 1.54) is 44.1 Å². The molecule has 0 aliphatic carbocycles. The topological polar surface area (TPSA) is 19.9 Å². The van der Waals surface area contributed by atoms with Gasteiger partial charge in [0.05, 0.1) is 6.61 Å². The lowest BCUT2D eigenvalue weighted by atomic mass is 10.0. The first-order chi connectivity index (χ1) is 8.33. The van der Waals surface area contributed by atoms with Gasteiger partial charge in [0.25, 0.3) is 0 Å². The SMILES string of the molecule is [O]CCCCCCCCCc1ccc(Br)cc1. The van der Waals surface area contributed by atoms with Gasteiger partial charge in [0.1, 0.15) is 0 Å². The third-order valence-corrected chi connectivity index (χ3v) is 3.55. The molecule has 17 heavy (non-hydrogen) atoms. The summed E-state index contributed by atoms with van der Waals surface area (Å²) in [6.45, 7) is 0.101. The molecule has 95 valence electrons. The number of benzene rings is 1. The zero-order valence-corrected chi connectivity index (χ0v) is 12.0. The number of rotatable bonds is 9. The van der Waals surface area contributed by atoms with Crippen LogP contribution in [0.3, 0.4) is 0 Å². The van der Waals surface area contributed by atoms with Crippen molar-refractivity contribution >= 4 is 15.9 Å². The highest BCUT2D eigenvalue weighted by Gasteiger charge is 1.95. The van der Waals surface area contributed by atoms with Gasteiger partial charge in [0.2, 0.25) is 0 Å². The van der Waals surface area contributed by atoms with E-state index in [9.17, 15) is 5.11 Å². The predicted molar refractivity (Wildman–Crippen MR) is 75.7 cm³/mol. The number of hydrogen-bond acceptors (Lipinski definition) is 0. The van der Waals surface area contributed by atoms with Crippen molar-refractivity contribution in [1.29, 1.82) is 0 Å². The zero-order valence-electron chi connectivity index (χ0n) is 10.5. The standard InChI is InChI=1S/C15H22BrO/c16-15-11-9-14(10-12-15)8-6-4-2-1-3-5-7-13-17/h9-12H,1-8,13H2. The van der Waals surface area contributed by atoms with Crippen molar-refractivity contribution in [2.24, 2.45) is 0 Å². The normalized spacial score (nSPS) is 10.7. The second kappa shape index (κ2) is 9.67. The molecule has 1 radical (unpaired) electrons. The van der Waals surface area contributed by atoms with Gasteiger partial charge >= 0.3 is 0 Å². The van der Waals surface area contributed by atoms with Crippen LogP contribution in [0.4, 0.5) is 0 Å². The van der Waals surface area contributed by atoms with Crippen molar-refractivity contribution in [3.8, 4) is 0 Å². The molecule has 1 aromatic carbocycles. The van der Waals surface area contributed by atoms with E-state index < -0.39 is 0 Å². The molecule has 0 N–H and O–H groups in total. The molecule has 2 heteroatoms. The number of hydrogen-bond donors (Lipinski definition) is 0. The van der Waals surface area contributed by atoms with Crippen LogP contribution in [0.1, 0.15) is 50.5 Å². The Hall–Kier alpha value is -0.340. The highest BCUT2D eigenvalue weighted by molar-refractivity contribution is 9.10. The van der Waals surface area contributed by atoms with Crippen molar-refractivity contribution < 1.29 is 5.11 Å². The number of aryl methyl sites for hydroxylation is 1. The van der Waals surface area contributed by atoms with Crippen LogP contribution < -0.4 is 0 Å². The van der Waals surface area contributed by atoms with Gasteiger partial charge < -0.3 is 0 Å². The lowest BCUT2D eigenvalue weighted by Crippen LogP contribution is -1.86. The molecule has 0 amide bonds. The second-order valence-electron chi connectivity index (χ2n) is 4.56. The Bertz CT molecular complexity index is 281. The summed E-state index contributed by atoms with van der Waals surface area (Å²) < 4.78 is 1.15. The minimum Gasteiger partial charge on any atom is -0.237 e. The Morgan fingerprint density at radius 2 is 1.29 bits per heavy atom. The van der Waals surface area contributed by atoms with Gasteiger partial charge in [-0.2, -0.15) is 0 Å².